The quantitative estimate of drug-likeness (QED) is 0.543. The molecule has 15 heavy (non-hydrogen) atoms. The molecule has 0 amide bonds. The highest BCUT2D eigenvalue weighted by atomic mass is 16.3. The van der Waals surface area contributed by atoms with Gasteiger partial charge in [0.25, 0.3) is 0 Å². The van der Waals surface area contributed by atoms with Crippen LogP contribution in [-0.4, -0.2) is 34.1 Å². The van der Waals surface area contributed by atoms with E-state index >= 15 is 0 Å². The zero-order valence-corrected chi connectivity index (χ0v) is 8.24. The van der Waals surface area contributed by atoms with Crippen LogP contribution in [0.1, 0.15) is 0 Å². The first-order chi connectivity index (χ1) is 7.27. The van der Waals surface area contributed by atoms with Gasteiger partial charge in [0.1, 0.15) is 6.10 Å². The summed E-state index contributed by atoms with van der Waals surface area (Å²) < 4.78 is 0. The van der Waals surface area contributed by atoms with Gasteiger partial charge in [0.05, 0.1) is 18.9 Å². The van der Waals surface area contributed by atoms with Gasteiger partial charge >= 0.3 is 0 Å². The molecule has 82 valence electrons. The summed E-state index contributed by atoms with van der Waals surface area (Å²) in [5.41, 5.74) is 0.813. The summed E-state index contributed by atoms with van der Waals surface area (Å²) in [4.78, 5) is 0. The van der Waals surface area contributed by atoms with Crippen LogP contribution in [0.25, 0.3) is 0 Å². The third-order valence-corrected chi connectivity index (χ3v) is 2.00. The van der Waals surface area contributed by atoms with E-state index in [0.717, 1.165) is 11.9 Å². The maximum Gasteiger partial charge on any atom is 0.101 e. The molecule has 0 aliphatic rings. The lowest BCUT2D eigenvalue weighted by molar-refractivity contribution is 0.0895. The normalized spacial score (nSPS) is 15.1. The summed E-state index contributed by atoms with van der Waals surface area (Å²) in [5, 5.41) is 29.9. The summed E-state index contributed by atoms with van der Waals surface area (Å²) in [6.07, 6.45) is 1.28. The molecule has 1 aromatic carbocycles. The molecule has 2 atom stereocenters. The highest BCUT2D eigenvalue weighted by Gasteiger charge is 2.14. The van der Waals surface area contributed by atoms with E-state index in [4.69, 9.17) is 10.2 Å². The average Bonchev–Trinajstić information content (AvgIpc) is 2.29. The van der Waals surface area contributed by atoms with Crippen molar-refractivity contribution >= 4 is 5.69 Å². The molecule has 0 spiro atoms. The molecule has 0 radical (unpaired) electrons. The van der Waals surface area contributed by atoms with E-state index in [1.807, 2.05) is 30.3 Å². The highest BCUT2D eigenvalue weighted by Crippen LogP contribution is 2.09. The minimum Gasteiger partial charge on any atom is -0.516 e. The number of hydrogen-bond acceptors (Lipinski definition) is 4. The van der Waals surface area contributed by atoms with Crippen molar-refractivity contribution < 1.29 is 15.3 Å². The monoisotopic (exact) mass is 209 g/mol. The average molecular weight is 209 g/mol. The molecule has 4 nitrogen and oxygen atoms in total. The standard InChI is InChI=1S/C11H15NO3/c13-7-6-10(11(15)8-14)12-9-4-2-1-3-5-9/h1-7,10-15H,8H2/b7-6+/t10?,11-/m0/s1. The molecule has 0 heterocycles. The van der Waals surface area contributed by atoms with Gasteiger partial charge in [-0.3, -0.25) is 0 Å². The minimum absolute atomic E-state index is 0.366. The molecule has 4 N–H and O–H groups in total. The molecule has 4 heteroatoms. The van der Waals surface area contributed by atoms with Gasteiger partial charge in [0, 0.05) is 5.69 Å². The minimum atomic E-state index is -0.950. The van der Waals surface area contributed by atoms with Crippen LogP contribution < -0.4 is 5.32 Å². The SMILES string of the molecule is O/C=C/C(Nc1ccccc1)[C@@H](O)CO. The second-order valence-corrected chi connectivity index (χ2v) is 3.13. The van der Waals surface area contributed by atoms with Crippen LogP contribution in [0.4, 0.5) is 5.69 Å². The van der Waals surface area contributed by atoms with E-state index < -0.39 is 12.1 Å². The number of benzene rings is 1. The topological polar surface area (TPSA) is 72.7 Å². The Morgan fingerprint density at radius 3 is 2.47 bits per heavy atom. The number of aliphatic hydroxyl groups is 3. The van der Waals surface area contributed by atoms with Crippen LogP contribution in [0.3, 0.4) is 0 Å². The van der Waals surface area contributed by atoms with Gasteiger partial charge in [-0.1, -0.05) is 18.2 Å². The summed E-state index contributed by atoms with van der Waals surface area (Å²) in [7, 11) is 0. The highest BCUT2D eigenvalue weighted by molar-refractivity contribution is 5.44. The van der Waals surface area contributed by atoms with E-state index in [0.29, 0.717) is 0 Å². The van der Waals surface area contributed by atoms with Crippen molar-refractivity contribution in [1.29, 1.82) is 0 Å². The molecule has 1 aromatic rings. The summed E-state index contributed by atoms with van der Waals surface area (Å²) >= 11 is 0. The first-order valence-corrected chi connectivity index (χ1v) is 4.69. The Balaban J connectivity index is 2.67. The molecule has 1 rings (SSSR count). The van der Waals surface area contributed by atoms with Gasteiger partial charge in [0.15, 0.2) is 0 Å². The largest absolute Gasteiger partial charge is 0.516 e. The lowest BCUT2D eigenvalue weighted by atomic mass is 10.1. The molecule has 0 aliphatic heterocycles. The second-order valence-electron chi connectivity index (χ2n) is 3.13. The van der Waals surface area contributed by atoms with Crippen LogP contribution >= 0.6 is 0 Å². The fraction of sp³-hybridized carbons (Fsp3) is 0.273. The van der Waals surface area contributed by atoms with Gasteiger partial charge in [-0.2, -0.15) is 0 Å². The summed E-state index contributed by atoms with van der Waals surface area (Å²) in [6.45, 7) is -0.366. The van der Waals surface area contributed by atoms with E-state index in [9.17, 15) is 5.11 Å². The Kier molecular flexibility index (Phi) is 4.66. The fourth-order valence-corrected chi connectivity index (χ4v) is 1.21. The third-order valence-electron chi connectivity index (χ3n) is 2.00. The van der Waals surface area contributed by atoms with Crippen molar-refractivity contribution in [3.05, 3.63) is 42.7 Å². The van der Waals surface area contributed by atoms with Gasteiger partial charge in [0.2, 0.25) is 0 Å². The number of hydrogen-bond donors (Lipinski definition) is 4. The van der Waals surface area contributed by atoms with Gasteiger partial charge in [-0.05, 0) is 18.2 Å². The number of rotatable bonds is 5. The molecule has 0 bridgehead atoms. The lowest BCUT2D eigenvalue weighted by Crippen LogP contribution is -2.34. The van der Waals surface area contributed by atoms with Crippen molar-refractivity contribution in [3.63, 3.8) is 0 Å². The number of anilines is 1. The van der Waals surface area contributed by atoms with Crippen molar-refractivity contribution in [2.45, 2.75) is 12.1 Å². The van der Waals surface area contributed by atoms with Crippen LogP contribution in [0.2, 0.25) is 0 Å². The fourth-order valence-electron chi connectivity index (χ4n) is 1.21. The zero-order chi connectivity index (χ0) is 11.1. The molecule has 1 unspecified atom stereocenters. The second kappa shape index (κ2) is 6.06. The van der Waals surface area contributed by atoms with E-state index in [2.05, 4.69) is 5.32 Å². The molecular formula is C11H15NO3. The Morgan fingerprint density at radius 2 is 1.93 bits per heavy atom. The molecule has 0 aliphatic carbocycles. The van der Waals surface area contributed by atoms with Crippen molar-refractivity contribution in [1.82, 2.24) is 0 Å². The Hall–Kier alpha value is -1.52. The molecule has 0 saturated carbocycles. The zero-order valence-electron chi connectivity index (χ0n) is 8.24. The maximum atomic E-state index is 9.44. The molecule has 0 fully saturated rings. The van der Waals surface area contributed by atoms with Crippen LogP contribution in [-0.2, 0) is 0 Å². The summed E-state index contributed by atoms with van der Waals surface area (Å²) in [6, 6.07) is 8.75. The Labute approximate surface area is 88.5 Å². The predicted octanol–water partition coefficient (Wildman–Crippen LogP) is 0.892. The summed E-state index contributed by atoms with van der Waals surface area (Å²) in [5.74, 6) is 0. The van der Waals surface area contributed by atoms with Crippen molar-refractivity contribution in [2.24, 2.45) is 0 Å². The number of aliphatic hydroxyl groups excluding tert-OH is 3. The van der Waals surface area contributed by atoms with Crippen molar-refractivity contribution in [2.75, 3.05) is 11.9 Å². The molecule has 0 aromatic heterocycles. The van der Waals surface area contributed by atoms with Crippen LogP contribution in [0.15, 0.2) is 42.7 Å². The number of para-hydroxylation sites is 1. The lowest BCUT2D eigenvalue weighted by Gasteiger charge is -2.20. The van der Waals surface area contributed by atoms with Crippen LogP contribution in [0, 0.1) is 0 Å². The first kappa shape index (κ1) is 11.6. The Morgan fingerprint density at radius 1 is 1.27 bits per heavy atom. The van der Waals surface area contributed by atoms with E-state index in [1.54, 1.807) is 0 Å². The Bertz CT molecular complexity index is 300. The van der Waals surface area contributed by atoms with Gasteiger partial charge in [-0.15, -0.1) is 0 Å². The predicted molar refractivity (Wildman–Crippen MR) is 58.7 cm³/mol. The van der Waals surface area contributed by atoms with Crippen molar-refractivity contribution in [3.8, 4) is 0 Å². The maximum absolute atomic E-state index is 9.44. The smallest absolute Gasteiger partial charge is 0.101 e. The van der Waals surface area contributed by atoms with Gasteiger partial charge in [-0.25, -0.2) is 0 Å². The first-order valence-electron chi connectivity index (χ1n) is 4.69. The van der Waals surface area contributed by atoms with Crippen LogP contribution in [0.5, 0.6) is 0 Å². The molecular weight excluding hydrogens is 194 g/mol. The molecule has 0 saturated heterocycles. The van der Waals surface area contributed by atoms with Gasteiger partial charge < -0.3 is 20.6 Å². The van der Waals surface area contributed by atoms with E-state index in [-0.39, 0.29) is 6.61 Å². The third kappa shape index (κ3) is 3.61. The number of nitrogens with one attached hydrogen (secondary N) is 1. The van der Waals surface area contributed by atoms with E-state index in [1.165, 1.54) is 6.08 Å².